The molecule has 2 heterocycles. The van der Waals surface area contributed by atoms with Crippen LogP contribution in [0.4, 0.5) is 5.69 Å². The maximum atomic E-state index is 13.5. The number of anilines is 1. The highest BCUT2D eigenvalue weighted by molar-refractivity contribution is 6.05. The predicted molar refractivity (Wildman–Crippen MR) is 127 cm³/mol. The van der Waals surface area contributed by atoms with Crippen molar-refractivity contribution in [3.8, 4) is 11.5 Å². The van der Waals surface area contributed by atoms with Crippen LogP contribution >= 0.6 is 0 Å². The van der Waals surface area contributed by atoms with E-state index in [0.717, 1.165) is 17.9 Å². The van der Waals surface area contributed by atoms with Crippen molar-refractivity contribution in [2.75, 3.05) is 32.6 Å². The van der Waals surface area contributed by atoms with Crippen LogP contribution in [0.1, 0.15) is 43.1 Å². The summed E-state index contributed by atoms with van der Waals surface area (Å²) >= 11 is 0. The molecule has 1 spiro atoms. The van der Waals surface area contributed by atoms with E-state index in [2.05, 4.69) is 43.5 Å². The lowest BCUT2D eigenvalue weighted by Crippen LogP contribution is -2.56. The number of fused-ring (bicyclic) bond motifs is 1. The lowest BCUT2D eigenvalue weighted by atomic mass is 9.95. The number of ether oxygens (including phenoxy) is 2. The smallest absolute Gasteiger partial charge is 0.257 e. The van der Waals surface area contributed by atoms with Crippen LogP contribution < -0.4 is 20.1 Å². The molecule has 7 heteroatoms. The largest absolute Gasteiger partial charge is 0.493 e. The van der Waals surface area contributed by atoms with E-state index in [1.165, 1.54) is 5.56 Å². The molecule has 2 aliphatic rings. The molecule has 0 radical (unpaired) electrons. The fraction of sp³-hybridized carbons (Fsp3) is 0.440. The molecule has 2 aromatic rings. The van der Waals surface area contributed by atoms with Gasteiger partial charge >= 0.3 is 0 Å². The van der Waals surface area contributed by atoms with Gasteiger partial charge in [-0.2, -0.15) is 0 Å². The number of amides is 1. The van der Waals surface area contributed by atoms with Gasteiger partial charge in [0.05, 0.1) is 30.9 Å². The van der Waals surface area contributed by atoms with Gasteiger partial charge in [-0.1, -0.05) is 24.3 Å². The third-order valence-electron chi connectivity index (χ3n) is 5.98. The van der Waals surface area contributed by atoms with Gasteiger partial charge in [-0.25, -0.2) is 0 Å². The molecule has 0 unspecified atom stereocenters. The van der Waals surface area contributed by atoms with Gasteiger partial charge in [0.25, 0.3) is 5.91 Å². The number of methoxy groups -OCH3 is 2. The lowest BCUT2D eigenvalue weighted by molar-refractivity contribution is 0.0781. The number of nitrogens with zero attached hydrogens (tertiary/aromatic N) is 2. The molecule has 7 nitrogen and oxygen atoms in total. The van der Waals surface area contributed by atoms with Crippen LogP contribution in [0.2, 0.25) is 0 Å². The van der Waals surface area contributed by atoms with E-state index in [9.17, 15) is 4.79 Å². The molecule has 1 amide bonds. The summed E-state index contributed by atoms with van der Waals surface area (Å²) in [5, 5.41) is 7.32. The number of para-hydroxylation sites is 2. The number of hydrogen-bond acceptors (Lipinski definition) is 5. The normalized spacial score (nSPS) is 21.8. The summed E-state index contributed by atoms with van der Waals surface area (Å²) in [6.45, 7) is 8.10. The number of amidine groups is 1. The van der Waals surface area contributed by atoms with Crippen LogP contribution in [-0.4, -0.2) is 55.0 Å². The van der Waals surface area contributed by atoms with Crippen molar-refractivity contribution in [3.05, 3.63) is 53.6 Å². The Kier molecular flexibility index (Phi) is 5.86. The summed E-state index contributed by atoms with van der Waals surface area (Å²) < 4.78 is 10.9. The number of likely N-dealkylation sites (tertiary alicyclic amines) is 1. The summed E-state index contributed by atoms with van der Waals surface area (Å²) in [7, 11) is 3.13. The maximum Gasteiger partial charge on any atom is 0.257 e. The van der Waals surface area contributed by atoms with Crippen molar-refractivity contribution in [1.82, 2.24) is 10.2 Å². The van der Waals surface area contributed by atoms with Gasteiger partial charge in [0, 0.05) is 25.3 Å². The molecule has 1 atom stereocenters. The van der Waals surface area contributed by atoms with Crippen LogP contribution in [-0.2, 0) is 6.54 Å². The summed E-state index contributed by atoms with van der Waals surface area (Å²) in [5.74, 6) is 1.81. The van der Waals surface area contributed by atoms with Gasteiger partial charge in [0.1, 0.15) is 5.84 Å². The zero-order valence-corrected chi connectivity index (χ0v) is 19.5. The van der Waals surface area contributed by atoms with E-state index in [0.29, 0.717) is 36.7 Å². The third-order valence-corrected chi connectivity index (χ3v) is 5.98. The Balaban J connectivity index is 1.68. The highest BCUT2D eigenvalue weighted by Gasteiger charge is 2.46. The second kappa shape index (κ2) is 8.47. The quantitative estimate of drug-likeness (QED) is 0.767. The Morgan fingerprint density at radius 1 is 1.09 bits per heavy atom. The van der Waals surface area contributed by atoms with Gasteiger partial charge in [0.15, 0.2) is 11.5 Å². The zero-order valence-electron chi connectivity index (χ0n) is 19.5. The van der Waals surface area contributed by atoms with Gasteiger partial charge in [-0.05, 0) is 51.0 Å². The van der Waals surface area contributed by atoms with E-state index in [-0.39, 0.29) is 11.4 Å². The number of hydrogen-bond donors (Lipinski definition) is 2. The zero-order chi connectivity index (χ0) is 22.9. The fourth-order valence-corrected chi connectivity index (χ4v) is 4.41. The Morgan fingerprint density at radius 3 is 2.59 bits per heavy atom. The van der Waals surface area contributed by atoms with Crippen molar-refractivity contribution in [3.63, 3.8) is 0 Å². The fourth-order valence-electron chi connectivity index (χ4n) is 4.41. The molecule has 0 aromatic heterocycles. The Hall–Kier alpha value is -3.06. The maximum absolute atomic E-state index is 13.5. The van der Waals surface area contributed by atoms with Gasteiger partial charge in [0.2, 0.25) is 0 Å². The molecular weight excluding hydrogens is 404 g/mol. The second-order valence-corrected chi connectivity index (χ2v) is 9.37. The van der Waals surface area contributed by atoms with Crippen LogP contribution in [0.25, 0.3) is 0 Å². The first-order valence-corrected chi connectivity index (χ1v) is 11.0. The highest BCUT2D eigenvalue weighted by Crippen LogP contribution is 2.35. The van der Waals surface area contributed by atoms with E-state index in [1.807, 2.05) is 23.1 Å². The Morgan fingerprint density at radius 2 is 1.88 bits per heavy atom. The summed E-state index contributed by atoms with van der Waals surface area (Å²) in [6.07, 6.45) is 0.765. The molecule has 2 aromatic carbocycles. The van der Waals surface area contributed by atoms with Crippen LogP contribution in [0.3, 0.4) is 0 Å². The molecular formula is C25H32N4O3. The van der Waals surface area contributed by atoms with Crippen LogP contribution in [0.5, 0.6) is 11.5 Å². The van der Waals surface area contributed by atoms with Crippen molar-refractivity contribution in [2.45, 2.75) is 44.8 Å². The van der Waals surface area contributed by atoms with Crippen molar-refractivity contribution >= 4 is 17.4 Å². The molecule has 1 fully saturated rings. The number of carbonyl (C=O) groups is 1. The minimum atomic E-state index is -0.450. The van der Waals surface area contributed by atoms with E-state index in [1.54, 1.807) is 26.4 Å². The van der Waals surface area contributed by atoms with Gasteiger partial charge in [-0.15, -0.1) is 0 Å². The van der Waals surface area contributed by atoms with Crippen molar-refractivity contribution < 1.29 is 14.3 Å². The predicted octanol–water partition coefficient (Wildman–Crippen LogP) is 3.70. The molecule has 1 saturated heterocycles. The van der Waals surface area contributed by atoms with Gasteiger partial charge < -0.3 is 19.7 Å². The second-order valence-electron chi connectivity index (χ2n) is 9.37. The average molecular weight is 437 g/mol. The van der Waals surface area contributed by atoms with Crippen LogP contribution in [0.15, 0.2) is 47.5 Å². The monoisotopic (exact) mass is 436 g/mol. The topological polar surface area (TPSA) is 75.2 Å². The van der Waals surface area contributed by atoms with E-state index < -0.39 is 5.54 Å². The summed E-state index contributed by atoms with van der Waals surface area (Å²) in [6, 6.07) is 13.7. The molecule has 0 bridgehead atoms. The molecule has 2 aliphatic heterocycles. The standard InChI is InChI=1S/C25H32N4O3/c1-24(2,3)28-23-25(26-15-17-9-6-7-11-19(17)27-23)13-14-29(16-25)22(30)18-10-8-12-20(31-4)21(18)32-5/h6-12,26H,13-16H2,1-5H3,(H,27,28)/t25-/m0/s1. The number of nitrogens with one attached hydrogen (secondary N) is 2. The highest BCUT2D eigenvalue weighted by atomic mass is 16.5. The third kappa shape index (κ3) is 4.17. The van der Waals surface area contributed by atoms with Gasteiger partial charge in [-0.3, -0.25) is 15.1 Å². The lowest BCUT2D eigenvalue weighted by Gasteiger charge is -2.32. The first-order chi connectivity index (χ1) is 15.3. The number of benzene rings is 2. The minimum Gasteiger partial charge on any atom is -0.493 e. The summed E-state index contributed by atoms with van der Waals surface area (Å²) in [4.78, 5) is 20.4. The first kappa shape index (κ1) is 22.1. The first-order valence-electron chi connectivity index (χ1n) is 11.0. The summed E-state index contributed by atoms with van der Waals surface area (Å²) in [5.41, 5.74) is 2.03. The molecule has 0 aliphatic carbocycles. The van der Waals surface area contributed by atoms with Crippen molar-refractivity contribution in [2.24, 2.45) is 4.99 Å². The Bertz CT molecular complexity index is 1040. The SMILES string of the molecule is COc1cccc(C(=O)N2CC[C@@]3(C2)NCc2ccccc2NC3=NC(C)(C)C)c1OC. The number of aliphatic imine (C=N–C) groups is 1. The van der Waals surface area contributed by atoms with E-state index in [4.69, 9.17) is 14.5 Å². The van der Waals surface area contributed by atoms with Crippen molar-refractivity contribution in [1.29, 1.82) is 0 Å². The minimum absolute atomic E-state index is 0.0729. The number of rotatable bonds is 3. The number of carbonyl (C=O) groups excluding carboxylic acids is 1. The molecule has 0 saturated carbocycles. The van der Waals surface area contributed by atoms with Crippen LogP contribution in [0, 0.1) is 0 Å². The Labute approximate surface area is 189 Å². The van der Waals surface area contributed by atoms with E-state index >= 15 is 0 Å². The average Bonchev–Trinajstić information content (AvgIpc) is 3.15. The molecule has 2 N–H and O–H groups in total. The molecule has 170 valence electrons. The molecule has 4 rings (SSSR count). The molecule has 32 heavy (non-hydrogen) atoms.